The van der Waals surface area contributed by atoms with Gasteiger partial charge in [0.25, 0.3) is 0 Å². The average molecular weight is 311 g/mol. The van der Waals surface area contributed by atoms with Crippen LogP contribution in [0.4, 0.5) is 0 Å². The molecule has 0 saturated heterocycles. The Balaban J connectivity index is 1.96. The number of hydrogen-bond donors (Lipinski definition) is 1. The zero-order valence-electron chi connectivity index (χ0n) is 11.1. The van der Waals surface area contributed by atoms with Crippen molar-refractivity contribution in [3.63, 3.8) is 0 Å². The summed E-state index contributed by atoms with van der Waals surface area (Å²) in [5, 5.41) is 11.5. The molecule has 0 aliphatic heterocycles. The van der Waals surface area contributed by atoms with E-state index >= 15 is 0 Å². The molecule has 0 aliphatic rings. The monoisotopic (exact) mass is 310 g/mol. The van der Waals surface area contributed by atoms with E-state index in [1.54, 1.807) is 12.1 Å². The summed E-state index contributed by atoms with van der Waals surface area (Å²) in [6.45, 7) is 1.83. The highest BCUT2D eigenvalue weighted by Crippen LogP contribution is 2.20. The molecular formula is C16H16Cl2O2. The van der Waals surface area contributed by atoms with Gasteiger partial charge < -0.3 is 9.84 Å². The van der Waals surface area contributed by atoms with E-state index in [1.165, 1.54) is 0 Å². The first-order chi connectivity index (χ1) is 9.54. The van der Waals surface area contributed by atoms with Crippen molar-refractivity contribution in [2.75, 3.05) is 0 Å². The Labute approximate surface area is 128 Å². The molecule has 2 aromatic rings. The summed E-state index contributed by atoms with van der Waals surface area (Å²) >= 11 is 11.8. The molecule has 2 atom stereocenters. The van der Waals surface area contributed by atoms with Crippen LogP contribution in [0, 0.1) is 0 Å². The lowest BCUT2D eigenvalue weighted by atomic mass is 10.0. The number of rotatable bonds is 5. The highest BCUT2D eigenvalue weighted by molar-refractivity contribution is 6.30. The Morgan fingerprint density at radius 2 is 1.70 bits per heavy atom. The second-order valence-corrected chi connectivity index (χ2v) is 5.55. The van der Waals surface area contributed by atoms with E-state index < -0.39 is 6.10 Å². The van der Waals surface area contributed by atoms with Gasteiger partial charge in [-0.2, -0.15) is 0 Å². The number of aliphatic hydroxyl groups excluding tert-OH is 1. The molecule has 0 bridgehead atoms. The molecule has 2 rings (SSSR count). The summed E-state index contributed by atoms with van der Waals surface area (Å²) in [5.41, 5.74) is 0.978. The summed E-state index contributed by atoms with van der Waals surface area (Å²) < 4.78 is 5.69. The summed E-state index contributed by atoms with van der Waals surface area (Å²) in [6, 6.07) is 14.6. The van der Waals surface area contributed by atoms with Gasteiger partial charge in [0.1, 0.15) is 11.9 Å². The minimum atomic E-state index is -0.618. The summed E-state index contributed by atoms with van der Waals surface area (Å²) in [7, 11) is 0. The fourth-order valence-electron chi connectivity index (χ4n) is 1.90. The maximum Gasteiger partial charge on any atom is 0.122 e. The lowest BCUT2D eigenvalue weighted by Gasteiger charge is -2.20. The Bertz CT molecular complexity index is 520. The summed E-state index contributed by atoms with van der Waals surface area (Å²) in [5.74, 6) is 0.648. The van der Waals surface area contributed by atoms with Gasteiger partial charge in [0.15, 0.2) is 0 Å². The van der Waals surface area contributed by atoms with E-state index in [-0.39, 0.29) is 6.10 Å². The zero-order chi connectivity index (χ0) is 14.5. The maximum absolute atomic E-state index is 10.2. The number of hydrogen-bond acceptors (Lipinski definition) is 2. The van der Waals surface area contributed by atoms with Gasteiger partial charge in [0, 0.05) is 16.5 Å². The molecule has 0 radical (unpaired) electrons. The van der Waals surface area contributed by atoms with Crippen LogP contribution in [0.1, 0.15) is 12.5 Å². The van der Waals surface area contributed by atoms with Crippen molar-refractivity contribution >= 4 is 23.2 Å². The van der Waals surface area contributed by atoms with E-state index in [1.807, 2.05) is 43.3 Å². The standard InChI is InChI=1S/C16H16Cl2O2/c1-11(20-15-7-3-6-14(18)10-15)16(19)9-12-4-2-5-13(17)8-12/h2-8,10-11,16,19H,9H2,1H3. The normalized spacial score (nSPS) is 13.8. The first kappa shape index (κ1) is 15.2. The maximum atomic E-state index is 10.2. The van der Waals surface area contributed by atoms with Gasteiger partial charge in [0.2, 0.25) is 0 Å². The van der Waals surface area contributed by atoms with Crippen LogP contribution in [-0.2, 0) is 6.42 Å². The molecule has 0 aliphatic carbocycles. The number of halogens is 2. The van der Waals surface area contributed by atoms with Crippen molar-refractivity contribution in [1.29, 1.82) is 0 Å². The second-order valence-electron chi connectivity index (χ2n) is 4.68. The lowest BCUT2D eigenvalue weighted by Crippen LogP contribution is -2.30. The zero-order valence-corrected chi connectivity index (χ0v) is 12.6. The van der Waals surface area contributed by atoms with E-state index in [2.05, 4.69) is 0 Å². The van der Waals surface area contributed by atoms with Crippen LogP contribution in [0.3, 0.4) is 0 Å². The molecule has 20 heavy (non-hydrogen) atoms. The van der Waals surface area contributed by atoms with Crippen LogP contribution in [-0.4, -0.2) is 17.3 Å². The van der Waals surface area contributed by atoms with E-state index in [0.29, 0.717) is 22.2 Å². The molecular weight excluding hydrogens is 295 g/mol. The lowest BCUT2D eigenvalue weighted by molar-refractivity contribution is 0.0479. The van der Waals surface area contributed by atoms with Gasteiger partial charge in [-0.3, -0.25) is 0 Å². The number of aliphatic hydroxyl groups is 1. The largest absolute Gasteiger partial charge is 0.488 e. The van der Waals surface area contributed by atoms with Crippen molar-refractivity contribution in [3.05, 3.63) is 64.1 Å². The van der Waals surface area contributed by atoms with Crippen molar-refractivity contribution < 1.29 is 9.84 Å². The molecule has 1 N–H and O–H groups in total. The highest BCUT2D eigenvalue weighted by atomic mass is 35.5. The fraction of sp³-hybridized carbons (Fsp3) is 0.250. The fourth-order valence-corrected chi connectivity index (χ4v) is 2.30. The topological polar surface area (TPSA) is 29.5 Å². The minimum absolute atomic E-state index is 0.340. The van der Waals surface area contributed by atoms with E-state index in [9.17, 15) is 5.11 Å². The molecule has 106 valence electrons. The number of ether oxygens (including phenoxy) is 1. The van der Waals surface area contributed by atoms with Gasteiger partial charge >= 0.3 is 0 Å². The van der Waals surface area contributed by atoms with Gasteiger partial charge in [-0.15, -0.1) is 0 Å². The molecule has 0 heterocycles. The van der Waals surface area contributed by atoms with Crippen molar-refractivity contribution in [1.82, 2.24) is 0 Å². The van der Waals surface area contributed by atoms with Crippen LogP contribution in [0.25, 0.3) is 0 Å². The Hall–Kier alpha value is -1.22. The van der Waals surface area contributed by atoms with Gasteiger partial charge in [0.05, 0.1) is 6.10 Å². The van der Waals surface area contributed by atoms with Crippen molar-refractivity contribution in [2.45, 2.75) is 25.6 Å². The van der Waals surface area contributed by atoms with Crippen LogP contribution >= 0.6 is 23.2 Å². The Morgan fingerprint density at radius 3 is 2.35 bits per heavy atom. The van der Waals surface area contributed by atoms with Crippen LogP contribution in [0.15, 0.2) is 48.5 Å². The molecule has 2 nitrogen and oxygen atoms in total. The Morgan fingerprint density at radius 1 is 1.05 bits per heavy atom. The summed E-state index contributed by atoms with van der Waals surface area (Å²) in [6.07, 6.45) is -0.470. The van der Waals surface area contributed by atoms with E-state index in [4.69, 9.17) is 27.9 Å². The first-order valence-electron chi connectivity index (χ1n) is 6.39. The third kappa shape index (κ3) is 4.41. The first-order valence-corrected chi connectivity index (χ1v) is 7.15. The van der Waals surface area contributed by atoms with Gasteiger partial charge in [-0.25, -0.2) is 0 Å². The molecule has 0 fully saturated rings. The average Bonchev–Trinajstić information content (AvgIpc) is 2.38. The predicted molar refractivity (Wildman–Crippen MR) is 82.7 cm³/mol. The molecule has 0 spiro atoms. The molecule has 0 saturated carbocycles. The quantitative estimate of drug-likeness (QED) is 0.889. The smallest absolute Gasteiger partial charge is 0.122 e. The predicted octanol–water partition coefficient (Wildman–Crippen LogP) is 4.36. The summed E-state index contributed by atoms with van der Waals surface area (Å²) in [4.78, 5) is 0. The molecule has 2 unspecified atom stereocenters. The molecule has 2 aromatic carbocycles. The van der Waals surface area contributed by atoms with E-state index in [0.717, 1.165) is 5.56 Å². The SMILES string of the molecule is CC(Oc1cccc(Cl)c1)C(O)Cc1cccc(Cl)c1. The van der Waals surface area contributed by atoms with Gasteiger partial charge in [-0.05, 0) is 42.8 Å². The minimum Gasteiger partial charge on any atom is -0.488 e. The highest BCUT2D eigenvalue weighted by Gasteiger charge is 2.16. The van der Waals surface area contributed by atoms with Gasteiger partial charge in [-0.1, -0.05) is 41.4 Å². The molecule has 4 heteroatoms. The van der Waals surface area contributed by atoms with Crippen LogP contribution in [0.2, 0.25) is 10.0 Å². The molecule has 0 aromatic heterocycles. The van der Waals surface area contributed by atoms with Crippen LogP contribution in [0.5, 0.6) is 5.75 Å². The molecule has 0 amide bonds. The second kappa shape index (κ2) is 6.98. The van der Waals surface area contributed by atoms with Crippen molar-refractivity contribution in [2.24, 2.45) is 0 Å². The number of benzene rings is 2. The third-order valence-corrected chi connectivity index (χ3v) is 3.46. The third-order valence-electron chi connectivity index (χ3n) is 2.99. The Kier molecular flexibility index (Phi) is 5.30. The van der Waals surface area contributed by atoms with Crippen molar-refractivity contribution in [3.8, 4) is 5.75 Å². The van der Waals surface area contributed by atoms with Crippen LogP contribution < -0.4 is 4.74 Å².